The number of thiazole rings is 1. The standard InChI is InChI=1S/C30H30N2O5S/c1-5-6-7-8-15-36-21-12-10-20(11-13-21)25-24-26(34)22-16-17(2)9-14-23(22)37-27(24)29(35)32(25)30-31-18(3)28(38-30)19(4)33/h9-14,16,25H,5-8,15H2,1-4H3. The molecule has 4 aromatic rings. The van der Waals surface area contributed by atoms with Crippen LogP contribution in [0.25, 0.3) is 11.0 Å². The first-order valence-corrected chi connectivity index (χ1v) is 13.7. The van der Waals surface area contributed by atoms with E-state index in [0.29, 0.717) is 33.3 Å². The van der Waals surface area contributed by atoms with Gasteiger partial charge in [-0.25, -0.2) is 4.98 Å². The number of nitrogens with zero attached hydrogens (tertiary/aromatic N) is 2. The predicted octanol–water partition coefficient (Wildman–Crippen LogP) is 6.78. The molecule has 2 aromatic carbocycles. The molecule has 5 rings (SSSR count). The minimum atomic E-state index is -0.748. The molecule has 2 aromatic heterocycles. The molecule has 0 saturated heterocycles. The number of amides is 1. The summed E-state index contributed by atoms with van der Waals surface area (Å²) in [6.45, 7) is 7.93. The average Bonchev–Trinajstić information content (AvgIpc) is 3.42. The summed E-state index contributed by atoms with van der Waals surface area (Å²) in [5.41, 5.74) is 2.59. The molecule has 1 unspecified atom stereocenters. The van der Waals surface area contributed by atoms with Gasteiger partial charge in [-0.15, -0.1) is 0 Å². The zero-order chi connectivity index (χ0) is 27.0. The number of fused-ring (bicyclic) bond motifs is 2. The third kappa shape index (κ3) is 4.65. The van der Waals surface area contributed by atoms with Crippen molar-refractivity contribution in [2.24, 2.45) is 0 Å². The van der Waals surface area contributed by atoms with Crippen LogP contribution >= 0.6 is 11.3 Å². The molecule has 1 aliphatic heterocycles. The van der Waals surface area contributed by atoms with Crippen LogP contribution < -0.4 is 15.1 Å². The third-order valence-corrected chi connectivity index (χ3v) is 8.06. The highest BCUT2D eigenvalue weighted by molar-refractivity contribution is 7.17. The molecular weight excluding hydrogens is 500 g/mol. The number of aryl methyl sites for hydroxylation is 2. The van der Waals surface area contributed by atoms with Crippen molar-refractivity contribution >= 4 is 39.1 Å². The number of carbonyl (C=O) groups is 2. The van der Waals surface area contributed by atoms with Crippen molar-refractivity contribution in [2.75, 3.05) is 11.5 Å². The average molecular weight is 531 g/mol. The van der Waals surface area contributed by atoms with Crippen molar-refractivity contribution < 1.29 is 18.7 Å². The van der Waals surface area contributed by atoms with Gasteiger partial charge >= 0.3 is 0 Å². The summed E-state index contributed by atoms with van der Waals surface area (Å²) in [7, 11) is 0. The lowest BCUT2D eigenvalue weighted by molar-refractivity contribution is 0.0969. The Morgan fingerprint density at radius 2 is 1.84 bits per heavy atom. The molecule has 38 heavy (non-hydrogen) atoms. The molecule has 8 heteroatoms. The molecule has 0 spiro atoms. The van der Waals surface area contributed by atoms with E-state index in [-0.39, 0.29) is 22.5 Å². The Balaban J connectivity index is 1.60. The second-order valence-corrected chi connectivity index (χ2v) is 10.7. The van der Waals surface area contributed by atoms with Crippen molar-refractivity contribution in [3.63, 3.8) is 0 Å². The summed E-state index contributed by atoms with van der Waals surface area (Å²) < 4.78 is 11.9. The molecule has 0 fully saturated rings. The number of anilines is 1. The Labute approximate surface area is 225 Å². The van der Waals surface area contributed by atoms with E-state index in [1.165, 1.54) is 24.7 Å². The van der Waals surface area contributed by atoms with Crippen molar-refractivity contribution in [3.8, 4) is 5.75 Å². The van der Waals surface area contributed by atoms with Crippen LogP contribution in [0.1, 0.15) is 88.2 Å². The number of unbranched alkanes of at least 4 members (excludes halogenated alkanes) is 3. The van der Waals surface area contributed by atoms with Crippen molar-refractivity contribution in [1.29, 1.82) is 0 Å². The summed E-state index contributed by atoms with van der Waals surface area (Å²) in [5.74, 6) is 0.156. The van der Waals surface area contributed by atoms with Gasteiger partial charge in [-0.05, 0) is 50.1 Å². The highest BCUT2D eigenvalue weighted by Crippen LogP contribution is 2.43. The SMILES string of the molecule is CCCCCCOc1ccc(C2c3c(oc4ccc(C)cc4c3=O)C(=O)N2c2nc(C)c(C(C)=O)s2)cc1. The minimum Gasteiger partial charge on any atom is -0.494 e. The van der Waals surface area contributed by atoms with E-state index in [2.05, 4.69) is 11.9 Å². The predicted molar refractivity (Wildman–Crippen MR) is 149 cm³/mol. The van der Waals surface area contributed by atoms with E-state index < -0.39 is 11.9 Å². The Morgan fingerprint density at radius 1 is 1.08 bits per heavy atom. The number of Topliss-reactive ketones (excluding diaryl/α,β-unsaturated/α-hetero) is 1. The van der Waals surface area contributed by atoms with Crippen LogP contribution in [-0.2, 0) is 0 Å². The Bertz CT molecular complexity index is 1580. The summed E-state index contributed by atoms with van der Waals surface area (Å²) in [5, 5.41) is 0.778. The van der Waals surface area contributed by atoms with Crippen molar-refractivity contribution in [1.82, 2.24) is 4.98 Å². The molecule has 0 aliphatic carbocycles. The molecule has 0 bridgehead atoms. The van der Waals surface area contributed by atoms with Crippen LogP contribution in [0.2, 0.25) is 0 Å². The maximum Gasteiger partial charge on any atom is 0.297 e. The Morgan fingerprint density at radius 3 is 2.53 bits per heavy atom. The molecular formula is C30H30N2O5S. The van der Waals surface area contributed by atoms with Crippen LogP contribution in [0.15, 0.2) is 51.7 Å². The van der Waals surface area contributed by atoms with E-state index >= 15 is 0 Å². The van der Waals surface area contributed by atoms with E-state index in [4.69, 9.17) is 9.15 Å². The molecule has 1 atom stereocenters. The monoisotopic (exact) mass is 530 g/mol. The van der Waals surface area contributed by atoms with E-state index in [9.17, 15) is 14.4 Å². The molecule has 1 amide bonds. The molecule has 3 heterocycles. The fourth-order valence-electron chi connectivity index (χ4n) is 4.88. The third-order valence-electron chi connectivity index (χ3n) is 6.80. The van der Waals surface area contributed by atoms with Crippen LogP contribution in [0.5, 0.6) is 5.75 Å². The number of rotatable bonds is 9. The van der Waals surface area contributed by atoms with Gasteiger partial charge in [0.15, 0.2) is 16.3 Å². The number of carbonyl (C=O) groups excluding carboxylic acids is 2. The quantitative estimate of drug-likeness (QED) is 0.175. The highest BCUT2D eigenvalue weighted by atomic mass is 32.1. The lowest BCUT2D eigenvalue weighted by Gasteiger charge is -2.22. The maximum absolute atomic E-state index is 13.8. The van der Waals surface area contributed by atoms with Gasteiger partial charge in [-0.2, -0.15) is 0 Å². The van der Waals surface area contributed by atoms with Gasteiger partial charge in [0.1, 0.15) is 11.3 Å². The zero-order valence-corrected chi connectivity index (χ0v) is 22.8. The summed E-state index contributed by atoms with van der Waals surface area (Å²) >= 11 is 1.15. The number of benzene rings is 2. The van der Waals surface area contributed by atoms with Gasteiger partial charge in [0, 0.05) is 6.92 Å². The Hall–Kier alpha value is -3.78. The van der Waals surface area contributed by atoms with Crippen LogP contribution in [0.3, 0.4) is 0 Å². The molecule has 1 aliphatic rings. The topological polar surface area (TPSA) is 89.7 Å². The smallest absolute Gasteiger partial charge is 0.297 e. The zero-order valence-electron chi connectivity index (χ0n) is 22.0. The Kier molecular flexibility index (Phi) is 7.17. The van der Waals surface area contributed by atoms with Gasteiger partial charge in [-0.3, -0.25) is 19.3 Å². The second kappa shape index (κ2) is 10.5. The fraction of sp³-hybridized carbons (Fsp3) is 0.333. The molecule has 0 saturated carbocycles. The van der Waals surface area contributed by atoms with Crippen molar-refractivity contribution in [2.45, 2.75) is 59.4 Å². The number of hydrogen-bond donors (Lipinski definition) is 0. The van der Waals surface area contributed by atoms with E-state index in [1.807, 2.05) is 37.3 Å². The first kappa shape index (κ1) is 25.9. The fourth-order valence-corrected chi connectivity index (χ4v) is 5.87. The second-order valence-electron chi connectivity index (χ2n) is 9.70. The first-order chi connectivity index (χ1) is 18.3. The lowest BCUT2D eigenvalue weighted by Crippen LogP contribution is -2.29. The maximum atomic E-state index is 13.8. The van der Waals surface area contributed by atoms with E-state index in [1.54, 1.807) is 19.1 Å². The van der Waals surface area contributed by atoms with Gasteiger partial charge in [0.05, 0.1) is 34.2 Å². The summed E-state index contributed by atoms with van der Waals surface area (Å²) in [6.07, 6.45) is 4.47. The van der Waals surface area contributed by atoms with Crippen LogP contribution in [0.4, 0.5) is 5.13 Å². The van der Waals surface area contributed by atoms with Crippen LogP contribution in [-0.4, -0.2) is 23.3 Å². The number of ketones is 1. The lowest BCUT2D eigenvalue weighted by atomic mass is 9.98. The van der Waals surface area contributed by atoms with Gasteiger partial charge in [0.25, 0.3) is 5.91 Å². The first-order valence-electron chi connectivity index (χ1n) is 12.9. The molecule has 0 radical (unpaired) electrons. The number of aromatic nitrogens is 1. The normalized spacial score (nSPS) is 14.8. The van der Waals surface area contributed by atoms with Gasteiger partial charge < -0.3 is 9.15 Å². The highest BCUT2D eigenvalue weighted by Gasteiger charge is 2.45. The van der Waals surface area contributed by atoms with Crippen LogP contribution in [0, 0.1) is 13.8 Å². The largest absolute Gasteiger partial charge is 0.494 e. The number of hydrogen-bond acceptors (Lipinski definition) is 7. The summed E-state index contributed by atoms with van der Waals surface area (Å²) in [6, 6.07) is 12.0. The van der Waals surface area contributed by atoms with E-state index in [0.717, 1.165) is 41.1 Å². The van der Waals surface area contributed by atoms with Gasteiger partial charge in [0.2, 0.25) is 5.76 Å². The summed E-state index contributed by atoms with van der Waals surface area (Å²) in [4.78, 5) is 46.3. The molecule has 7 nitrogen and oxygen atoms in total. The molecule has 196 valence electrons. The molecule has 0 N–H and O–H groups in total. The van der Waals surface area contributed by atoms with Crippen molar-refractivity contribution in [3.05, 3.63) is 85.7 Å². The number of ether oxygens (including phenoxy) is 1. The minimum absolute atomic E-state index is 0.00447. The van der Waals surface area contributed by atoms with Gasteiger partial charge in [-0.1, -0.05) is 61.3 Å².